The van der Waals surface area contributed by atoms with Gasteiger partial charge < -0.3 is 10.6 Å². The Morgan fingerprint density at radius 3 is 2.19 bits per heavy atom. The van der Waals surface area contributed by atoms with Gasteiger partial charge in [0.05, 0.1) is 0 Å². The average Bonchev–Trinajstić information content (AvgIpc) is 2.83. The smallest absolute Gasteiger partial charge is 0.00148 e. The van der Waals surface area contributed by atoms with Crippen LogP contribution in [0.3, 0.4) is 0 Å². The van der Waals surface area contributed by atoms with E-state index in [0.29, 0.717) is 5.41 Å². The second kappa shape index (κ2) is 5.05. The van der Waals surface area contributed by atoms with Gasteiger partial charge in [-0.15, -0.1) is 0 Å². The molecule has 0 bridgehead atoms. The summed E-state index contributed by atoms with van der Waals surface area (Å²) < 4.78 is 0. The van der Waals surface area contributed by atoms with Gasteiger partial charge in [0.2, 0.25) is 0 Å². The number of rotatable bonds is 3. The summed E-state index contributed by atoms with van der Waals surface area (Å²) in [7, 11) is 0. The number of hydrogen-bond acceptors (Lipinski definition) is 2. The molecule has 2 N–H and O–H groups in total. The predicted molar refractivity (Wildman–Crippen MR) is 69.5 cm³/mol. The number of piperidine rings is 1. The summed E-state index contributed by atoms with van der Waals surface area (Å²) in [5.41, 5.74) is 0.505. The second-order valence-electron chi connectivity index (χ2n) is 6.39. The lowest BCUT2D eigenvalue weighted by atomic mass is 9.63. The highest BCUT2D eigenvalue weighted by atomic mass is 14.9. The highest BCUT2D eigenvalue weighted by Gasteiger charge is 2.39. The first kappa shape index (κ1) is 12.4. The number of nitrogens with one attached hydrogen (secondary N) is 2. The van der Waals surface area contributed by atoms with Gasteiger partial charge >= 0.3 is 0 Å². The van der Waals surface area contributed by atoms with Crippen LogP contribution in [0.4, 0.5) is 0 Å². The van der Waals surface area contributed by atoms with E-state index in [1.54, 1.807) is 0 Å². The summed E-state index contributed by atoms with van der Waals surface area (Å²) in [4.78, 5) is 0. The normalized spacial score (nSPS) is 30.6. The van der Waals surface area contributed by atoms with Crippen LogP contribution in [-0.4, -0.2) is 26.2 Å². The van der Waals surface area contributed by atoms with Crippen molar-refractivity contribution < 1.29 is 0 Å². The van der Waals surface area contributed by atoms with Crippen LogP contribution in [0.15, 0.2) is 0 Å². The lowest BCUT2D eigenvalue weighted by Crippen LogP contribution is -2.40. The molecule has 2 aliphatic rings. The molecule has 94 valence electrons. The Kier molecular flexibility index (Phi) is 3.91. The predicted octanol–water partition coefficient (Wildman–Crippen LogP) is 2.26. The van der Waals surface area contributed by atoms with E-state index in [0.717, 1.165) is 17.8 Å². The Morgan fingerprint density at radius 1 is 1.00 bits per heavy atom. The Hall–Kier alpha value is -0.0800. The van der Waals surface area contributed by atoms with E-state index in [4.69, 9.17) is 0 Å². The third kappa shape index (κ3) is 2.43. The Labute approximate surface area is 101 Å². The number of hydrogen-bond donors (Lipinski definition) is 2. The van der Waals surface area contributed by atoms with Gasteiger partial charge in [0.1, 0.15) is 0 Å². The molecule has 2 atom stereocenters. The van der Waals surface area contributed by atoms with Crippen molar-refractivity contribution in [1.82, 2.24) is 10.6 Å². The molecular weight excluding hydrogens is 196 g/mol. The quantitative estimate of drug-likeness (QED) is 0.768. The van der Waals surface area contributed by atoms with Crippen LogP contribution < -0.4 is 10.6 Å². The molecule has 0 aliphatic carbocycles. The SMILES string of the molecule is CC(C1CCNCC1)C(C)(C)C1CCNC1. The minimum absolute atomic E-state index is 0.505. The van der Waals surface area contributed by atoms with Crippen LogP contribution in [0, 0.1) is 23.2 Å². The fourth-order valence-corrected chi connectivity index (χ4v) is 3.61. The molecular formula is C14H28N2. The first-order chi connectivity index (χ1) is 7.62. The Balaban J connectivity index is 1.97. The first-order valence-corrected chi connectivity index (χ1v) is 7.04. The minimum atomic E-state index is 0.505. The molecule has 2 heteroatoms. The topological polar surface area (TPSA) is 24.1 Å². The first-order valence-electron chi connectivity index (χ1n) is 7.04. The third-order valence-corrected chi connectivity index (χ3v) is 5.38. The molecule has 0 saturated carbocycles. The van der Waals surface area contributed by atoms with E-state index >= 15 is 0 Å². The molecule has 0 aromatic heterocycles. The van der Waals surface area contributed by atoms with Crippen LogP contribution >= 0.6 is 0 Å². The zero-order chi connectivity index (χ0) is 11.6. The zero-order valence-electron chi connectivity index (χ0n) is 11.2. The van der Waals surface area contributed by atoms with Crippen molar-refractivity contribution in [3.63, 3.8) is 0 Å². The van der Waals surface area contributed by atoms with Gasteiger partial charge in [-0.25, -0.2) is 0 Å². The standard InChI is InChI=1S/C14H28N2/c1-11(12-4-7-15-8-5-12)14(2,3)13-6-9-16-10-13/h11-13,15-16H,4-10H2,1-3H3. The molecule has 2 saturated heterocycles. The fourth-order valence-electron chi connectivity index (χ4n) is 3.61. The Bertz CT molecular complexity index is 213. The van der Waals surface area contributed by atoms with Crippen LogP contribution in [0.1, 0.15) is 40.0 Å². The summed E-state index contributed by atoms with van der Waals surface area (Å²) in [6.45, 7) is 12.4. The van der Waals surface area contributed by atoms with Crippen molar-refractivity contribution in [3.05, 3.63) is 0 Å². The molecule has 0 amide bonds. The monoisotopic (exact) mass is 224 g/mol. The Morgan fingerprint density at radius 2 is 1.62 bits per heavy atom. The summed E-state index contributed by atoms with van der Waals surface area (Å²) in [5.74, 6) is 2.69. The molecule has 2 unspecified atom stereocenters. The lowest BCUT2D eigenvalue weighted by Gasteiger charge is -2.43. The third-order valence-electron chi connectivity index (χ3n) is 5.38. The van der Waals surface area contributed by atoms with Crippen LogP contribution in [0.25, 0.3) is 0 Å². The van der Waals surface area contributed by atoms with Gasteiger partial charge in [0.25, 0.3) is 0 Å². The van der Waals surface area contributed by atoms with Crippen LogP contribution in [-0.2, 0) is 0 Å². The van der Waals surface area contributed by atoms with E-state index in [1.807, 2.05) is 0 Å². The van der Waals surface area contributed by atoms with Crippen molar-refractivity contribution in [3.8, 4) is 0 Å². The lowest BCUT2D eigenvalue weighted by molar-refractivity contribution is 0.0746. The zero-order valence-corrected chi connectivity index (χ0v) is 11.2. The average molecular weight is 224 g/mol. The largest absolute Gasteiger partial charge is 0.317 e. The molecule has 2 heterocycles. The van der Waals surface area contributed by atoms with Crippen molar-refractivity contribution >= 4 is 0 Å². The highest BCUT2D eigenvalue weighted by Crippen LogP contribution is 2.43. The highest BCUT2D eigenvalue weighted by molar-refractivity contribution is 4.91. The van der Waals surface area contributed by atoms with Crippen molar-refractivity contribution in [2.45, 2.75) is 40.0 Å². The molecule has 2 aliphatic heterocycles. The van der Waals surface area contributed by atoms with Gasteiger partial charge in [-0.3, -0.25) is 0 Å². The van der Waals surface area contributed by atoms with E-state index < -0.39 is 0 Å². The van der Waals surface area contributed by atoms with E-state index in [9.17, 15) is 0 Å². The fraction of sp³-hybridized carbons (Fsp3) is 1.00. The summed E-state index contributed by atoms with van der Waals surface area (Å²) in [6.07, 6.45) is 4.14. The van der Waals surface area contributed by atoms with Crippen molar-refractivity contribution in [2.75, 3.05) is 26.2 Å². The van der Waals surface area contributed by atoms with Gasteiger partial charge in [-0.1, -0.05) is 20.8 Å². The molecule has 0 radical (unpaired) electrons. The van der Waals surface area contributed by atoms with Crippen LogP contribution in [0.2, 0.25) is 0 Å². The maximum Gasteiger partial charge on any atom is -0.00148 e. The molecule has 2 fully saturated rings. The van der Waals surface area contributed by atoms with Crippen LogP contribution in [0.5, 0.6) is 0 Å². The molecule has 0 aromatic rings. The molecule has 2 rings (SSSR count). The maximum atomic E-state index is 3.52. The summed E-state index contributed by atoms with van der Waals surface area (Å²) >= 11 is 0. The van der Waals surface area contributed by atoms with Gasteiger partial charge in [-0.05, 0) is 68.6 Å². The van der Waals surface area contributed by atoms with Crippen molar-refractivity contribution in [1.29, 1.82) is 0 Å². The van der Waals surface area contributed by atoms with E-state index in [-0.39, 0.29) is 0 Å². The van der Waals surface area contributed by atoms with Gasteiger partial charge in [0, 0.05) is 0 Å². The minimum Gasteiger partial charge on any atom is -0.317 e. The maximum absolute atomic E-state index is 3.52. The molecule has 2 nitrogen and oxygen atoms in total. The van der Waals surface area contributed by atoms with E-state index in [2.05, 4.69) is 31.4 Å². The molecule has 0 aromatic carbocycles. The van der Waals surface area contributed by atoms with Crippen molar-refractivity contribution in [2.24, 2.45) is 23.2 Å². The van der Waals surface area contributed by atoms with Gasteiger partial charge in [0.15, 0.2) is 0 Å². The second-order valence-corrected chi connectivity index (χ2v) is 6.39. The molecule has 16 heavy (non-hydrogen) atoms. The summed E-state index contributed by atoms with van der Waals surface area (Å²) in [6, 6.07) is 0. The summed E-state index contributed by atoms with van der Waals surface area (Å²) in [5, 5.41) is 7.00. The molecule has 0 spiro atoms. The van der Waals surface area contributed by atoms with Gasteiger partial charge in [-0.2, -0.15) is 0 Å². The van der Waals surface area contributed by atoms with E-state index in [1.165, 1.54) is 45.4 Å².